The van der Waals surface area contributed by atoms with E-state index in [9.17, 15) is 9.18 Å². The Bertz CT molecular complexity index is 498. The molecule has 0 spiro atoms. The molecule has 1 saturated heterocycles. The maximum Gasteiger partial charge on any atom is 0.257 e. The van der Waals surface area contributed by atoms with E-state index in [0.29, 0.717) is 13.1 Å². The van der Waals surface area contributed by atoms with Crippen molar-refractivity contribution in [2.24, 2.45) is 5.84 Å². The van der Waals surface area contributed by atoms with Crippen molar-refractivity contribution < 1.29 is 9.18 Å². The number of amides is 1. The van der Waals surface area contributed by atoms with Gasteiger partial charge in [0.05, 0.1) is 5.56 Å². The maximum atomic E-state index is 14.1. The minimum Gasteiger partial charge on any atom is -0.335 e. The Morgan fingerprint density at radius 1 is 1.45 bits per heavy atom. The van der Waals surface area contributed by atoms with Crippen molar-refractivity contribution in [3.05, 3.63) is 23.6 Å². The van der Waals surface area contributed by atoms with Gasteiger partial charge in [-0.25, -0.2) is 15.2 Å². The van der Waals surface area contributed by atoms with Crippen LogP contribution in [0, 0.1) is 5.82 Å². The van der Waals surface area contributed by atoms with Gasteiger partial charge in [-0.3, -0.25) is 9.69 Å². The molecule has 2 unspecified atom stereocenters. The van der Waals surface area contributed by atoms with Gasteiger partial charge >= 0.3 is 0 Å². The number of nitrogens with two attached hydrogens (primary N) is 1. The number of halogens is 1. The van der Waals surface area contributed by atoms with Gasteiger partial charge in [-0.05, 0) is 27.0 Å². The number of aromatic nitrogens is 1. The molecule has 0 radical (unpaired) electrons. The summed E-state index contributed by atoms with van der Waals surface area (Å²) >= 11 is 0. The first-order valence-electron chi connectivity index (χ1n) is 6.58. The molecule has 1 aromatic heterocycles. The van der Waals surface area contributed by atoms with Crippen LogP contribution in [0.3, 0.4) is 0 Å². The van der Waals surface area contributed by atoms with Gasteiger partial charge in [-0.2, -0.15) is 0 Å². The highest BCUT2D eigenvalue weighted by atomic mass is 19.1. The zero-order valence-electron chi connectivity index (χ0n) is 11.9. The van der Waals surface area contributed by atoms with Gasteiger partial charge in [-0.1, -0.05) is 0 Å². The summed E-state index contributed by atoms with van der Waals surface area (Å²) in [6, 6.07) is 1.85. The van der Waals surface area contributed by atoms with Crippen LogP contribution in [0.15, 0.2) is 12.3 Å². The minimum absolute atomic E-state index is 0.00287. The van der Waals surface area contributed by atoms with E-state index in [1.54, 1.807) is 4.90 Å². The van der Waals surface area contributed by atoms with Gasteiger partial charge in [0.2, 0.25) is 0 Å². The van der Waals surface area contributed by atoms with E-state index < -0.39 is 5.82 Å². The minimum atomic E-state index is -0.709. The molecule has 2 rings (SSSR count). The summed E-state index contributed by atoms with van der Waals surface area (Å²) in [5, 5.41) is 0. The smallest absolute Gasteiger partial charge is 0.257 e. The third-order valence-electron chi connectivity index (χ3n) is 3.90. The summed E-state index contributed by atoms with van der Waals surface area (Å²) < 4.78 is 14.1. The third kappa shape index (κ3) is 2.59. The third-order valence-corrected chi connectivity index (χ3v) is 3.90. The van der Waals surface area contributed by atoms with Crippen LogP contribution < -0.4 is 11.3 Å². The number of hydrazine groups is 1. The second-order valence-electron chi connectivity index (χ2n) is 5.24. The molecule has 3 N–H and O–H groups in total. The molecule has 1 aromatic rings. The monoisotopic (exact) mass is 281 g/mol. The molecule has 1 aliphatic rings. The van der Waals surface area contributed by atoms with Crippen molar-refractivity contribution in [1.29, 1.82) is 0 Å². The number of pyridine rings is 1. The van der Waals surface area contributed by atoms with Crippen LogP contribution in [-0.2, 0) is 0 Å². The molecule has 2 atom stereocenters. The van der Waals surface area contributed by atoms with Gasteiger partial charge in [0, 0.05) is 31.4 Å². The quantitative estimate of drug-likeness (QED) is 0.615. The lowest BCUT2D eigenvalue weighted by Gasteiger charge is -2.42. The summed E-state index contributed by atoms with van der Waals surface area (Å²) in [6.07, 6.45) is 1.37. The average molecular weight is 281 g/mol. The molecule has 1 fully saturated rings. The summed E-state index contributed by atoms with van der Waals surface area (Å²) in [5.74, 6) is 4.02. The maximum absolute atomic E-state index is 14.1. The van der Waals surface area contributed by atoms with Crippen molar-refractivity contribution in [3.8, 4) is 0 Å². The first-order valence-corrected chi connectivity index (χ1v) is 6.58. The Morgan fingerprint density at radius 2 is 2.05 bits per heavy atom. The highest BCUT2D eigenvalue weighted by Gasteiger charge is 2.31. The Kier molecular flexibility index (Phi) is 4.20. The number of nitrogens with one attached hydrogen (secondary N) is 1. The van der Waals surface area contributed by atoms with E-state index in [1.807, 2.05) is 20.9 Å². The predicted molar refractivity (Wildman–Crippen MR) is 74.6 cm³/mol. The normalized spacial score (nSPS) is 23.8. The molecule has 0 saturated carbocycles. The molecule has 110 valence electrons. The largest absolute Gasteiger partial charge is 0.335 e. The SMILES string of the molecule is CC1CN(C(=O)c2ccnc(NN)c2F)CC(C)N1C. The van der Waals surface area contributed by atoms with E-state index in [-0.39, 0.29) is 29.4 Å². The molecule has 6 nitrogen and oxygen atoms in total. The highest BCUT2D eigenvalue weighted by Crippen LogP contribution is 2.20. The Hall–Kier alpha value is -1.73. The van der Waals surface area contributed by atoms with Crippen LogP contribution in [0.4, 0.5) is 10.2 Å². The van der Waals surface area contributed by atoms with Gasteiger partial charge in [0.15, 0.2) is 11.6 Å². The number of hydrogen-bond acceptors (Lipinski definition) is 5. The molecule has 0 aliphatic carbocycles. The predicted octanol–water partition coefficient (Wildman–Crippen LogP) is 0.671. The number of piperazine rings is 1. The van der Waals surface area contributed by atoms with Crippen molar-refractivity contribution in [3.63, 3.8) is 0 Å². The van der Waals surface area contributed by atoms with Crippen LogP contribution >= 0.6 is 0 Å². The number of hydrogen-bond donors (Lipinski definition) is 2. The van der Waals surface area contributed by atoms with Crippen LogP contribution in [0.5, 0.6) is 0 Å². The fourth-order valence-electron chi connectivity index (χ4n) is 2.45. The van der Waals surface area contributed by atoms with E-state index >= 15 is 0 Å². The highest BCUT2D eigenvalue weighted by molar-refractivity contribution is 5.95. The zero-order chi connectivity index (χ0) is 14.9. The number of nitrogen functional groups attached to an aromatic ring is 1. The van der Waals surface area contributed by atoms with Crippen LogP contribution in [0.2, 0.25) is 0 Å². The van der Waals surface area contributed by atoms with E-state index in [0.717, 1.165) is 0 Å². The molecule has 2 heterocycles. The van der Waals surface area contributed by atoms with E-state index in [2.05, 4.69) is 15.3 Å². The Balaban J connectivity index is 2.24. The van der Waals surface area contributed by atoms with Crippen LogP contribution in [-0.4, -0.2) is 52.9 Å². The van der Waals surface area contributed by atoms with E-state index in [1.165, 1.54) is 12.3 Å². The number of nitrogens with zero attached hydrogens (tertiary/aromatic N) is 3. The number of carbonyl (C=O) groups excluding carboxylic acids is 1. The molecular formula is C13H20FN5O. The first kappa shape index (κ1) is 14.7. The zero-order valence-corrected chi connectivity index (χ0v) is 11.9. The van der Waals surface area contributed by atoms with Crippen molar-refractivity contribution in [2.75, 3.05) is 25.6 Å². The van der Waals surface area contributed by atoms with Gasteiger partial charge in [0.25, 0.3) is 5.91 Å². The standard InChI is InChI=1S/C13H20FN5O/c1-8-6-19(7-9(2)18(8)3)13(20)10-4-5-16-12(17-15)11(10)14/h4-5,8-9H,6-7,15H2,1-3H3,(H,16,17). The van der Waals surface area contributed by atoms with Crippen molar-refractivity contribution >= 4 is 11.7 Å². The molecule has 20 heavy (non-hydrogen) atoms. The van der Waals surface area contributed by atoms with Gasteiger partial charge < -0.3 is 10.3 Å². The van der Waals surface area contributed by atoms with Gasteiger partial charge in [-0.15, -0.1) is 0 Å². The Morgan fingerprint density at radius 3 is 2.60 bits per heavy atom. The lowest BCUT2D eigenvalue weighted by atomic mass is 10.1. The number of carbonyl (C=O) groups is 1. The first-order chi connectivity index (χ1) is 9.45. The lowest BCUT2D eigenvalue weighted by molar-refractivity contribution is 0.0410. The average Bonchev–Trinajstić information content (AvgIpc) is 2.43. The summed E-state index contributed by atoms with van der Waals surface area (Å²) in [5.41, 5.74) is 2.15. The number of anilines is 1. The van der Waals surface area contributed by atoms with Crippen molar-refractivity contribution in [1.82, 2.24) is 14.8 Å². The summed E-state index contributed by atoms with van der Waals surface area (Å²) in [4.78, 5) is 20.1. The number of likely N-dealkylation sites (N-methyl/N-ethyl adjacent to an activating group) is 1. The lowest BCUT2D eigenvalue weighted by Crippen LogP contribution is -2.56. The second-order valence-corrected chi connectivity index (χ2v) is 5.24. The van der Waals surface area contributed by atoms with Crippen LogP contribution in [0.25, 0.3) is 0 Å². The second kappa shape index (κ2) is 5.72. The fourth-order valence-corrected chi connectivity index (χ4v) is 2.45. The molecule has 7 heteroatoms. The topological polar surface area (TPSA) is 74.5 Å². The van der Waals surface area contributed by atoms with Gasteiger partial charge in [0.1, 0.15) is 0 Å². The molecule has 0 aromatic carbocycles. The van der Waals surface area contributed by atoms with E-state index in [4.69, 9.17) is 5.84 Å². The molecule has 0 bridgehead atoms. The fraction of sp³-hybridized carbons (Fsp3) is 0.538. The molecular weight excluding hydrogens is 261 g/mol. The Labute approximate surface area is 117 Å². The summed E-state index contributed by atoms with van der Waals surface area (Å²) in [6.45, 7) is 5.25. The number of rotatable bonds is 2. The van der Waals surface area contributed by atoms with Crippen LogP contribution in [0.1, 0.15) is 24.2 Å². The summed E-state index contributed by atoms with van der Waals surface area (Å²) in [7, 11) is 2.03. The molecule has 1 amide bonds. The molecule has 1 aliphatic heterocycles. The van der Waals surface area contributed by atoms with Crippen molar-refractivity contribution in [2.45, 2.75) is 25.9 Å².